The van der Waals surface area contributed by atoms with Crippen molar-refractivity contribution in [2.24, 2.45) is 5.73 Å². The molecule has 9 heteroatoms. The molecule has 1 atom stereocenters. The maximum absolute atomic E-state index is 12.8. The highest BCUT2D eigenvalue weighted by Crippen LogP contribution is 2.30. The molecule has 1 aliphatic rings. The van der Waals surface area contributed by atoms with Gasteiger partial charge in [-0.2, -0.15) is 4.68 Å². The van der Waals surface area contributed by atoms with Crippen molar-refractivity contribution in [1.29, 1.82) is 0 Å². The minimum Gasteiger partial charge on any atom is -0.390 e. The van der Waals surface area contributed by atoms with Gasteiger partial charge in [0.05, 0.1) is 12.6 Å². The molecule has 3 N–H and O–H groups in total. The van der Waals surface area contributed by atoms with Crippen LogP contribution < -0.4 is 11.1 Å². The Balaban J connectivity index is 1.42. The van der Waals surface area contributed by atoms with E-state index in [-0.39, 0.29) is 11.9 Å². The van der Waals surface area contributed by atoms with Gasteiger partial charge in [-0.25, -0.2) is 0 Å². The zero-order chi connectivity index (χ0) is 21.1. The van der Waals surface area contributed by atoms with Gasteiger partial charge in [-0.15, -0.1) is 0 Å². The van der Waals surface area contributed by atoms with Crippen LogP contribution in [0.4, 0.5) is 5.95 Å². The van der Waals surface area contributed by atoms with Crippen LogP contribution in [0.1, 0.15) is 51.5 Å². The number of aromatic nitrogens is 3. The summed E-state index contributed by atoms with van der Waals surface area (Å²) in [4.78, 5) is 26.4. The van der Waals surface area contributed by atoms with Crippen LogP contribution in [-0.4, -0.2) is 25.6 Å². The van der Waals surface area contributed by atoms with Gasteiger partial charge < -0.3 is 21.2 Å². The summed E-state index contributed by atoms with van der Waals surface area (Å²) in [5, 5.41) is 17.6. The van der Waals surface area contributed by atoms with Crippen LogP contribution in [0.5, 0.6) is 0 Å². The van der Waals surface area contributed by atoms with Gasteiger partial charge in [-0.3, -0.25) is 4.79 Å². The van der Waals surface area contributed by atoms with Crippen LogP contribution in [0.3, 0.4) is 0 Å². The number of nitrogens with one attached hydrogen (secondary N) is 1. The van der Waals surface area contributed by atoms with Crippen LogP contribution >= 0.6 is 0 Å². The molecule has 1 aliphatic carbocycles. The first-order valence-corrected chi connectivity index (χ1v) is 9.79. The second-order valence-corrected chi connectivity index (χ2v) is 7.35. The molecule has 0 spiro atoms. The lowest BCUT2D eigenvalue weighted by atomic mass is 9.86. The van der Waals surface area contributed by atoms with Crippen molar-refractivity contribution in [3.63, 3.8) is 0 Å². The Hall–Kier alpha value is -3.59. The molecule has 4 rings (SSSR count). The first-order chi connectivity index (χ1) is 14.5. The Morgan fingerprint density at radius 1 is 1.23 bits per heavy atom. The number of aryl methyl sites for hydroxylation is 1. The SMILES string of the molecule is NCc1ccc2c(c1)CCCC2NC(=O)c1ccc(Cn2cnc([N+](=O)[O-])n2)cc1. The minimum atomic E-state index is -0.635. The number of hydrogen-bond acceptors (Lipinski definition) is 6. The van der Waals surface area contributed by atoms with Crippen molar-refractivity contribution < 1.29 is 9.72 Å². The average molecular weight is 406 g/mol. The fourth-order valence-electron chi connectivity index (χ4n) is 3.78. The highest BCUT2D eigenvalue weighted by Gasteiger charge is 2.22. The molecule has 2 aromatic carbocycles. The summed E-state index contributed by atoms with van der Waals surface area (Å²) in [5.41, 5.74) is 10.7. The van der Waals surface area contributed by atoms with Crippen LogP contribution in [0.25, 0.3) is 0 Å². The number of benzene rings is 2. The minimum absolute atomic E-state index is 0.0107. The molecular weight excluding hydrogens is 384 g/mol. The second kappa shape index (κ2) is 8.42. The van der Waals surface area contributed by atoms with Crippen molar-refractivity contribution in [2.75, 3.05) is 0 Å². The van der Waals surface area contributed by atoms with E-state index in [0.29, 0.717) is 18.7 Å². The van der Waals surface area contributed by atoms with Gasteiger partial charge in [0.2, 0.25) is 6.33 Å². The lowest BCUT2D eigenvalue weighted by molar-refractivity contribution is -0.394. The number of fused-ring (bicyclic) bond motifs is 1. The smallest absolute Gasteiger partial charge is 0.390 e. The van der Waals surface area contributed by atoms with E-state index in [1.807, 2.05) is 18.2 Å². The number of nitro groups is 1. The van der Waals surface area contributed by atoms with Gasteiger partial charge in [-0.1, -0.05) is 35.3 Å². The quantitative estimate of drug-likeness (QED) is 0.478. The summed E-state index contributed by atoms with van der Waals surface area (Å²) >= 11 is 0. The fraction of sp³-hybridized carbons (Fsp3) is 0.286. The zero-order valence-corrected chi connectivity index (χ0v) is 16.3. The molecule has 0 aliphatic heterocycles. The number of nitrogens with zero attached hydrogens (tertiary/aromatic N) is 4. The molecule has 30 heavy (non-hydrogen) atoms. The maximum Gasteiger partial charge on any atom is 0.490 e. The summed E-state index contributed by atoms with van der Waals surface area (Å²) in [7, 11) is 0. The van der Waals surface area contributed by atoms with Crippen LogP contribution in [0.2, 0.25) is 0 Å². The average Bonchev–Trinajstić information content (AvgIpc) is 3.23. The van der Waals surface area contributed by atoms with E-state index in [1.165, 1.54) is 16.6 Å². The van der Waals surface area contributed by atoms with Crippen molar-refractivity contribution in [2.45, 2.75) is 38.4 Å². The highest BCUT2D eigenvalue weighted by atomic mass is 16.6. The van der Waals surface area contributed by atoms with Crippen molar-refractivity contribution in [3.8, 4) is 0 Å². The van der Waals surface area contributed by atoms with Crippen LogP contribution in [0.15, 0.2) is 48.8 Å². The largest absolute Gasteiger partial charge is 0.490 e. The molecule has 3 aromatic rings. The van der Waals surface area contributed by atoms with Crippen LogP contribution in [-0.2, 0) is 19.5 Å². The lowest BCUT2D eigenvalue weighted by Gasteiger charge is -2.27. The lowest BCUT2D eigenvalue weighted by Crippen LogP contribution is -2.31. The fourth-order valence-corrected chi connectivity index (χ4v) is 3.78. The Bertz CT molecular complexity index is 1080. The summed E-state index contributed by atoms with van der Waals surface area (Å²) in [6.07, 6.45) is 4.25. The second-order valence-electron chi connectivity index (χ2n) is 7.35. The molecule has 1 unspecified atom stereocenters. The van der Waals surface area contributed by atoms with Crippen molar-refractivity contribution >= 4 is 11.9 Å². The van der Waals surface area contributed by atoms with Crippen LogP contribution in [0, 0.1) is 10.1 Å². The Kier molecular flexibility index (Phi) is 5.53. The van der Waals surface area contributed by atoms with Gasteiger partial charge in [-0.05, 0) is 58.6 Å². The van der Waals surface area contributed by atoms with E-state index in [1.54, 1.807) is 12.1 Å². The highest BCUT2D eigenvalue weighted by molar-refractivity contribution is 5.94. The topological polar surface area (TPSA) is 129 Å². The third kappa shape index (κ3) is 4.20. The maximum atomic E-state index is 12.8. The van der Waals surface area contributed by atoms with E-state index in [9.17, 15) is 14.9 Å². The summed E-state index contributed by atoms with van der Waals surface area (Å²) in [6.45, 7) is 0.848. The summed E-state index contributed by atoms with van der Waals surface area (Å²) in [5.74, 6) is -0.559. The van der Waals surface area contributed by atoms with Crippen molar-refractivity contribution in [3.05, 3.63) is 86.7 Å². The molecule has 0 saturated carbocycles. The zero-order valence-electron chi connectivity index (χ0n) is 16.3. The van der Waals surface area contributed by atoms with E-state index < -0.39 is 10.9 Å². The van der Waals surface area contributed by atoms with Gasteiger partial charge in [0, 0.05) is 17.2 Å². The Labute approximate surface area is 173 Å². The molecule has 1 aromatic heterocycles. The monoisotopic (exact) mass is 406 g/mol. The van der Waals surface area contributed by atoms with E-state index in [4.69, 9.17) is 5.73 Å². The number of carbonyl (C=O) groups excluding carboxylic acids is 1. The summed E-state index contributed by atoms with van der Waals surface area (Å²) < 4.78 is 1.39. The number of rotatable bonds is 6. The number of nitrogens with two attached hydrogens (primary N) is 1. The first kappa shape index (κ1) is 19.7. The Morgan fingerprint density at radius 3 is 2.70 bits per heavy atom. The molecule has 0 saturated heterocycles. The first-order valence-electron chi connectivity index (χ1n) is 9.79. The van der Waals surface area contributed by atoms with Gasteiger partial charge in [0.15, 0.2) is 0 Å². The predicted molar refractivity (Wildman–Crippen MR) is 110 cm³/mol. The van der Waals surface area contributed by atoms with Gasteiger partial charge >= 0.3 is 5.95 Å². The van der Waals surface area contributed by atoms with E-state index in [2.05, 4.69) is 27.5 Å². The van der Waals surface area contributed by atoms with Gasteiger partial charge in [0.1, 0.15) is 0 Å². The van der Waals surface area contributed by atoms with E-state index >= 15 is 0 Å². The number of hydrogen-bond donors (Lipinski definition) is 2. The molecule has 0 fully saturated rings. The number of carbonyl (C=O) groups is 1. The molecule has 9 nitrogen and oxygen atoms in total. The molecule has 1 amide bonds. The Morgan fingerprint density at radius 2 is 2.00 bits per heavy atom. The standard InChI is InChI=1S/C21H22N6O3/c22-11-15-6-9-18-17(10-15)2-1-3-19(18)24-20(28)16-7-4-14(5-8-16)12-26-13-23-21(25-26)27(29)30/h4-10,13,19H,1-3,11-12,22H2,(H,24,28). The molecule has 0 radical (unpaired) electrons. The molecule has 0 bridgehead atoms. The number of amides is 1. The molecule has 154 valence electrons. The molecule has 1 heterocycles. The third-order valence-electron chi connectivity index (χ3n) is 5.31. The predicted octanol–water partition coefficient (Wildman–Crippen LogP) is 2.50. The van der Waals surface area contributed by atoms with E-state index in [0.717, 1.165) is 36.0 Å². The normalized spacial score (nSPS) is 15.4. The summed E-state index contributed by atoms with van der Waals surface area (Å²) in [6, 6.07) is 13.3. The van der Waals surface area contributed by atoms with Crippen molar-refractivity contribution in [1.82, 2.24) is 20.1 Å². The third-order valence-corrected chi connectivity index (χ3v) is 5.31. The molecular formula is C21H22N6O3. The van der Waals surface area contributed by atoms with Gasteiger partial charge in [0.25, 0.3) is 5.91 Å².